The van der Waals surface area contributed by atoms with Crippen LogP contribution in [0.5, 0.6) is 0 Å². The normalized spacial score (nSPS) is 23.3. The zero-order chi connectivity index (χ0) is 19.8. The number of amides is 1. The molecule has 2 fully saturated rings. The van der Waals surface area contributed by atoms with E-state index in [4.69, 9.17) is 4.52 Å². The van der Waals surface area contributed by atoms with Crippen molar-refractivity contribution in [3.8, 4) is 11.4 Å². The van der Waals surface area contributed by atoms with Crippen LogP contribution < -0.4 is 0 Å². The maximum Gasteiger partial charge on any atom is 0.230 e. The van der Waals surface area contributed by atoms with Crippen LogP contribution in [0.25, 0.3) is 11.4 Å². The van der Waals surface area contributed by atoms with E-state index in [-0.39, 0.29) is 36.1 Å². The second-order valence-corrected chi connectivity index (χ2v) is 7.81. The SMILES string of the molecule is O=C(Cc1ccccc1F)N1[C@@H]2CC[C@H]1CC(c1nc(-c3ccncc3)no1)C2. The van der Waals surface area contributed by atoms with Crippen LogP contribution >= 0.6 is 0 Å². The molecule has 7 heteroatoms. The topological polar surface area (TPSA) is 72.1 Å². The summed E-state index contributed by atoms with van der Waals surface area (Å²) in [5.41, 5.74) is 1.33. The highest BCUT2D eigenvalue weighted by molar-refractivity contribution is 5.80. The zero-order valence-corrected chi connectivity index (χ0v) is 15.9. The molecule has 0 N–H and O–H groups in total. The van der Waals surface area contributed by atoms with E-state index in [2.05, 4.69) is 15.1 Å². The van der Waals surface area contributed by atoms with Crippen molar-refractivity contribution in [2.45, 2.75) is 50.1 Å². The Morgan fingerprint density at radius 3 is 2.55 bits per heavy atom. The van der Waals surface area contributed by atoms with Gasteiger partial charge in [-0.1, -0.05) is 23.4 Å². The molecule has 6 nitrogen and oxygen atoms in total. The molecular weight excluding hydrogens is 371 g/mol. The van der Waals surface area contributed by atoms with Crippen LogP contribution in [0.3, 0.4) is 0 Å². The first-order chi connectivity index (χ1) is 14.2. The average molecular weight is 392 g/mol. The molecule has 3 aromatic rings. The summed E-state index contributed by atoms with van der Waals surface area (Å²) in [6, 6.07) is 10.5. The Balaban J connectivity index is 1.30. The lowest BCUT2D eigenvalue weighted by Crippen LogP contribution is -2.46. The number of piperidine rings is 1. The number of pyridine rings is 1. The van der Waals surface area contributed by atoms with Crippen LogP contribution in [0.1, 0.15) is 43.1 Å². The molecule has 1 unspecified atom stereocenters. The predicted octanol–water partition coefficient (Wildman–Crippen LogP) is 3.75. The molecule has 4 heterocycles. The maximum absolute atomic E-state index is 14.0. The van der Waals surface area contributed by atoms with Crippen molar-refractivity contribution in [1.29, 1.82) is 0 Å². The Morgan fingerprint density at radius 1 is 1.10 bits per heavy atom. The summed E-state index contributed by atoms with van der Waals surface area (Å²) in [7, 11) is 0. The van der Waals surface area contributed by atoms with Gasteiger partial charge in [-0.05, 0) is 49.4 Å². The van der Waals surface area contributed by atoms with Crippen molar-refractivity contribution >= 4 is 5.91 Å². The highest BCUT2D eigenvalue weighted by atomic mass is 19.1. The lowest BCUT2D eigenvalue weighted by Gasteiger charge is -2.38. The third-order valence-electron chi connectivity index (χ3n) is 6.05. The lowest BCUT2D eigenvalue weighted by molar-refractivity contribution is -0.135. The van der Waals surface area contributed by atoms with E-state index in [1.807, 2.05) is 17.0 Å². The molecule has 5 rings (SSSR count). The lowest BCUT2D eigenvalue weighted by atomic mass is 9.90. The molecule has 0 aliphatic carbocycles. The highest BCUT2D eigenvalue weighted by Gasteiger charge is 2.44. The minimum Gasteiger partial charge on any atom is -0.339 e. The van der Waals surface area contributed by atoms with E-state index in [1.54, 1.807) is 30.6 Å². The van der Waals surface area contributed by atoms with E-state index >= 15 is 0 Å². The van der Waals surface area contributed by atoms with Gasteiger partial charge in [0.1, 0.15) is 5.82 Å². The number of halogens is 1. The Bertz CT molecular complexity index is 1010. The Labute approximate surface area is 167 Å². The van der Waals surface area contributed by atoms with Gasteiger partial charge in [0.2, 0.25) is 17.6 Å². The first-order valence-electron chi connectivity index (χ1n) is 9.97. The van der Waals surface area contributed by atoms with Gasteiger partial charge in [0.05, 0.1) is 6.42 Å². The first kappa shape index (κ1) is 18.0. The highest BCUT2D eigenvalue weighted by Crippen LogP contribution is 2.43. The number of hydrogen-bond donors (Lipinski definition) is 0. The molecule has 29 heavy (non-hydrogen) atoms. The zero-order valence-electron chi connectivity index (χ0n) is 15.9. The van der Waals surface area contributed by atoms with Gasteiger partial charge >= 0.3 is 0 Å². The van der Waals surface area contributed by atoms with Gasteiger partial charge in [0.25, 0.3) is 0 Å². The van der Waals surface area contributed by atoms with Crippen LogP contribution in [-0.4, -0.2) is 38.0 Å². The Morgan fingerprint density at radius 2 is 1.83 bits per heavy atom. The number of aromatic nitrogens is 3. The van der Waals surface area contributed by atoms with E-state index in [0.717, 1.165) is 31.2 Å². The predicted molar refractivity (Wildman–Crippen MR) is 103 cm³/mol. The van der Waals surface area contributed by atoms with Gasteiger partial charge in [-0.15, -0.1) is 0 Å². The van der Waals surface area contributed by atoms with Gasteiger partial charge in [0, 0.05) is 36.0 Å². The number of nitrogens with zero attached hydrogens (tertiary/aromatic N) is 4. The minimum absolute atomic E-state index is 0.00375. The quantitative estimate of drug-likeness (QED) is 0.676. The summed E-state index contributed by atoms with van der Waals surface area (Å²) < 4.78 is 19.5. The first-order valence-corrected chi connectivity index (χ1v) is 9.97. The second kappa shape index (κ2) is 7.39. The third-order valence-corrected chi connectivity index (χ3v) is 6.05. The van der Waals surface area contributed by atoms with Crippen LogP contribution in [0, 0.1) is 5.82 Å². The van der Waals surface area contributed by atoms with E-state index in [1.165, 1.54) is 6.07 Å². The van der Waals surface area contributed by atoms with Crippen LogP contribution in [0.2, 0.25) is 0 Å². The Hall–Kier alpha value is -3.09. The van der Waals surface area contributed by atoms with Crippen molar-refractivity contribution in [2.24, 2.45) is 0 Å². The molecular formula is C22H21FN4O2. The molecule has 2 aromatic heterocycles. The summed E-state index contributed by atoms with van der Waals surface area (Å²) in [5.74, 6) is 1.03. The summed E-state index contributed by atoms with van der Waals surface area (Å²) in [5, 5.41) is 4.12. The molecule has 148 valence electrons. The number of fused-ring (bicyclic) bond motifs is 2. The minimum atomic E-state index is -0.322. The van der Waals surface area contributed by atoms with Gasteiger partial charge in [-0.2, -0.15) is 4.98 Å². The number of carbonyl (C=O) groups is 1. The molecule has 0 spiro atoms. The average Bonchev–Trinajstić information content (AvgIpc) is 3.33. The number of benzene rings is 1. The second-order valence-electron chi connectivity index (χ2n) is 7.81. The molecule has 2 aliphatic rings. The fourth-order valence-corrected chi connectivity index (χ4v) is 4.70. The fraction of sp³-hybridized carbons (Fsp3) is 0.364. The summed E-state index contributed by atoms with van der Waals surface area (Å²) in [6.45, 7) is 0. The van der Waals surface area contributed by atoms with Gasteiger partial charge in [-0.25, -0.2) is 4.39 Å². The van der Waals surface area contributed by atoms with E-state index < -0.39 is 0 Å². The molecule has 0 saturated carbocycles. The van der Waals surface area contributed by atoms with Crippen molar-refractivity contribution in [3.63, 3.8) is 0 Å². The smallest absolute Gasteiger partial charge is 0.230 e. The molecule has 2 bridgehead atoms. The van der Waals surface area contributed by atoms with E-state index in [0.29, 0.717) is 17.3 Å². The molecule has 3 atom stereocenters. The Kier molecular flexibility index (Phi) is 4.58. The summed E-state index contributed by atoms with van der Waals surface area (Å²) in [6.07, 6.45) is 7.05. The maximum atomic E-state index is 14.0. The standard InChI is InChI=1S/C22H21FN4O2/c23-19-4-2-1-3-15(19)13-20(28)27-17-5-6-18(27)12-16(11-17)22-25-21(26-29-22)14-7-9-24-10-8-14/h1-4,7-10,16-18H,5-6,11-13H2/t16?,17-,18+. The van der Waals surface area contributed by atoms with Crippen LogP contribution in [0.15, 0.2) is 53.3 Å². The van der Waals surface area contributed by atoms with Crippen molar-refractivity contribution in [3.05, 3.63) is 66.1 Å². The van der Waals surface area contributed by atoms with Crippen LogP contribution in [-0.2, 0) is 11.2 Å². The largest absolute Gasteiger partial charge is 0.339 e. The number of hydrogen-bond acceptors (Lipinski definition) is 5. The van der Waals surface area contributed by atoms with Gasteiger partial charge in [0.15, 0.2) is 0 Å². The molecule has 1 amide bonds. The fourth-order valence-electron chi connectivity index (χ4n) is 4.70. The number of rotatable bonds is 4. The third kappa shape index (κ3) is 3.41. The van der Waals surface area contributed by atoms with Crippen molar-refractivity contribution < 1.29 is 13.7 Å². The monoisotopic (exact) mass is 392 g/mol. The van der Waals surface area contributed by atoms with Gasteiger partial charge in [-0.3, -0.25) is 9.78 Å². The van der Waals surface area contributed by atoms with Crippen LogP contribution in [0.4, 0.5) is 4.39 Å². The van der Waals surface area contributed by atoms with Crippen molar-refractivity contribution in [1.82, 2.24) is 20.0 Å². The van der Waals surface area contributed by atoms with E-state index in [9.17, 15) is 9.18 Å². The van der Waals surface area contributed by atoms with Gasteiger partial charge < -0.3 is 9.42 Å². The number of carbonyl (C=O) groups excluding carboxylic acids is 1. The molecule has 0 radical (unpaired) electrons. The molecule has 1 aromatic carbocycles. The summed E-state index contributed by atoms with van der Waals surface area (Å²) >= 11 is 0. The molecule has 2 aliphatic heterocycles. The van der Waals surface area contributed by atoms with Crippen molar-refractivity contribution in [2.75, 3.05) is 0 Å². The summed E-state index contributed by atoms with van der Waals surface area (Å²) in [4.78, 5) is 23.5. The molecule has 2 saturated heterocycles.